The van der Waals surface area contributed by atoms with Crippen molar-refractivity contribution in [1.82, 2.24) is 9.97 Å². The molecule has 0 spiro atoms. The lowest BCUT2D eigenvalue weighted by molar-refractivity contribution is 0.0992. The predicted octanol–water partition coefficient (Wildman–Crippen LogP) is 1.97. The van der Waals surface area contributed by atoms with Gasteiger partial charge < -0.3 is 4.74 Å². The summed E-state index contributed by atoms with van der Waals surface area (Å²) in [5, 5.41) is 3.72. The summed E-state index contributed by atoms with van der Waals surface area (Å²) in [5.74, 6) is 0.533. The Hall–Kier alpha value is -1.75. The Bertz CT molecular complexity index is 482. The normalized spacial score (nSPS) is 10.1. The summed E-state index contributed by atoms with van der Waals surface area (Å²) in [7, 11) is 1.53. The van der Waals surface area contributed by atoms with Crippen LogP contribution < -0.4 is 4.74 Å². The van der Waals surface area contributed by atoms with E-state index in [9.17, 15) is 4.79 Å². The van der Waals surface area contributed by atoms with E-state index in [2.05, 4.69) is 9.97 Å². The Morgan fingerprint density at radius 2 is 2.38 bits per heavy atom. The first-order valence-electron chi connectivity index (χ1n) is 4.70. The molecule has 0 fully saturated rings. The summed E-state index contributed by atoms with van der Waals surface area (Å²) in [5.41, 5.74) is 1.39. The molecule has 0 saturated carbocycles. The first-order valence-corrected chi connectivity index (χ1v) is 5.64. The maximum atomic E-state index is 11.8. The number of aromatic nitrogens is 2. The van der Waals surface area contributed by atoms with Crippen LogP contribution in [-0.4, -0.2) is 22.9 Å². The van der Waals surface area contributed by atoms with Gasteiger partial charge in [0.15, 0.2) is 5.78 Å². The van der Waals surface area contributed by atoms with E-state index in [4.69, 9.17) is 4.74 Å². The highest BCUT2D eigenvalue weighted by Gasteiger charge is 2.09. The molecule has 5 heteroatoms. The average molecular weight is 234 g/mol. The molecule has 2 aromatic rings. The molecule has 0 bridgehead atoms. The Labute approximate surface area is 96.9 Å². The molecule has 0 aliphatic carbocycles. The Balaban J connectivity index is 2.12. The van der Waals surface area contributed by atoms with Crippen LogP contribution in [0.5, 0.6) is 5.88 Å². The standard InChI is InChI=1S/C11H10N2O2S/c1-15-11-5-9(12-7-13-11)4-10(14)8-2-3-16-6-8/h2-3,5-7H,4H2,1H3. The summed E-state index contributed by atoms with van der Waals surface area (Å²) < 4.78 is 4.97. The van der Waals surface area contributed by atoms with Crippen LogP contribution in [-0.2, 0) is 6.42 Å². The smallest absolute Gasteiger partial charge is 0.216 e. The molecule has 0 unspecified atom stereocenters. The van der Waals surface area contributed by atoms with Gasteiger partial charge in [0.1, 0.15) is 6.33 Å². The minimum atomic E-state index is 0.0574. The molecule has 0 atom stereocenters. The zero-order chi connectivity index (χ0) is 11.4. The molecule has 0 radical (unpaired) electrons. The molecule has 2 heterocycles. The van der Waals surface area contributed by atoms with Crippen molar-refractivity contribution < 1.29 is 9.53 Å². The summed E-state index contributed by atoms with van der Waals surface area (Å²) in [4.78, 5) is 19.7. The molecule has 0 aliphatic heterocycles. The molecule has 0 amide bonds. The second-order valence-electron chi connectivity index (χ2n) is 3.16. The number of carbonyl (C=O) groups is 1. The fourth-order valence-corrected chi connectivity index (χ4v) is 1.94. The van der Waals surface area contributed by atoms with E-state index in [1.165, 1.54) is 24.8 Å². The number of Topliss-reactive ketones (excluding diaryl/α,β-unsaturated/α-hetero) is 1. The van der Waals surface area contributed by atoms with Gasteiger partial charge in [-0.05, 0) is 11.4 Å². The highest BCUT2D eigenvalue weighted by atomic mass is 32.1. The number of carbonyl (C=O) groups excluding carboxylic acids is 1. The van der Waals surface area contributed by atoms with Crippen LogP contribution in [0, 0.1) is 0 Å². The zero-order valence-electron chi connectivity index (χ0n) is 8.71. The minimum Gasteiger partial charge on any atom is -0.481 e. The average Bonchev–Trinajstić information content (AvgIpc) is 2.83. The Morgan fingerprint density at radius 1 is 1.50 bits per heavy atom. The summed E-state index contributed by atoms with van der Waals surface area (Å²) >= 11 is 1.51. The number of methoxy groups -OCH3 is 1. The van der Waals surface area contributed by atoms with Gasteiger partial charge in [0.2, 0.25) is 5.88 Å². The number of nitrogens with zero attached hydrogens (tertiary/aromatic N) is 2. The van der Waals surface area contributed by atoms with Crippen molar-refractivity contribution in [2.24, 2.45) is 0 Å². The van der Waals surface area contributed by atoms with Crippen LogP contribution in [0.4, 0.5) is 0 Å². The van der Waals surface area contributed by atoms with Gasteiger partial charge in [0.25, 0.3) is 0 Å². The molecule has 0 N–H and O–H groups in total. The van der Waals surface area contributed by atoms with E-state index in [0.717, 1.165) is 5.56 Å². The first-order chi connectivity index (χ1) is 7.79. The lowest BCUT2D eigenvalue weighted by Gasteiger charge is -2.01. The van der Waals surface area contributed by atoms with Gasteiger partial charge in [0, 0.05) is 17.0 Å². The van der Waals surface area contributed by atoms with Crippen molar-refractivity contribution in [3.63, 3.8) is 0 Å². The van der Waals surface area contributed by atoms with Gasteiger partial charge in [0.05, 0.1) is 19.2 Å². The number of hydrogen-bond acceptors (Lipinski definition) is 5. The molecule has 16 heavy (non-hydrogen) atoms. The first kappa shape index (κ1) is 10.8. The number of rotatable bonds is 4. The third-order valence-electron chi connectivity index (χ3n) is 2.09. The van der Waals surface area contributed by atoms with Gasteiger partial charge in [-0.3, -0.25) is 4.79 Å². The quantitative estimate of drug-likeness (QED) is 0.759. The van der Waals surface area contributed by atoms with Gasteiger partial charge >= 0.3 is 0 Å². The van der Waals surface area contributed by atoms with Crippen molar-refractivity contribution in [2.45, 2.75) is 6.42 Å². The van der Waals surface area contributed by atoms with E-state index < -0.39 is 0 Å². The highest BCUT2D eigenvalue weighted by molar-refractivity contribution is 7.08. The predicted molar refractivity (Wildman–Crippen MR) is 60.9 cm³/mol. The van der Waals surface area contributed by atoms with E-state index in [-0.39, 0.29) is 12.2 Å². The number of hydrogen-bond donors (Lipinski definition) is 0. The number of thiophene rings is 1. The van der Waals surface area contributed by atoms with Gasteiger partial charge in [-0.25, -0.2) is 9.97 Å². The van der Waals surface area contributed by atoms with Crippen molar-refractivity contribution >= 4 is 17.1 Å². The second-order valence-corrected chi connectivity index (χ2v) is 3.94. The monoisotopic (exact) mass is 234 g/mol. The van der Waals surface area contributed by atoms with E-state index in [0.29, 0.717) is 11.6 Å². The van der Waals surface area contributed by atoms with Crippen molar-refractivity contribution in [3.8, 4) is 5.88 Å². The lowest BCUT2D eigenvalue weighted by atomic mass is 10.1. The van der Waals surface area contributed by atoms with Crippen LogP contribution >= 0.6 is 11.3 Å². The molecule has 4 nitrogen and oxygen atoms in total. The molecule has 82 valence electrons. The SMILES string of the molecule is COc1cc(CC(=O)c2ccsc2)ncn1. The summed E-state index contributed by atoms with van der Waals surface area (Å²) in [6, 6.07) is 3.48. The molecular formula is C11H10N2O2S. The van der Waals surface area contributed by atoms with Crippen LogP contribution in [0.1, 0.15) is 16.1 Å². The maximum absolute atomic E-state index is 11.8. The van der Waals surface area contributed by atoms with Crippen LogP contribution in [0.25, 0.3) is 0 Å². The van der Waals surface area contributed by atoms with Crippen LogP contribution in [0.2, 0.25) is 0 Å². The molecule has 2 aromatic heterocycles. The lowest BCUT2D eigenvalue weighted by Crippen LogP contribution is -2.04. The van der Waals surface area contributed by atoms with E-state index in [1.807, 2.05) is 16.8 Å². The van der Waals surface area contributed by atoms with Gasteiger partial charge in [-0.15, -0.1) is 0 Å². The summed E-state index contributed by atoms with van der Waals surface area (Å²) in [6.45, 7) is 0. The van der Waals surface area contributed by atoms with Crippen LogP contribution in [0.15, 0.2) is 29.2 Å². The van der Waals surface area contributed by atoms with Crippen molar-refractivity contribution in [2.75, 3.05) is 7.11 Å². The topological polar surface area (TPSA) is 52.1 Å². The fraction of sp³-hybridized carbons (Fsp3) is 0.182. The molecule has 0 aliphatic rings. The molecule has 2 rings (SSSR count). The van der Waals surface area contributed by atoms with Crippen molar-refractivity contribution in [1.29, 1.82) is 0 Å². The molecular weight excluding hydrogens is 224 g/mol. The zero-order valence-corrected chi connectivity index (χ0v) is 9.53. The second kappa shape index (κ2) is 4.85. The third kappa shape index (κ3) is 2.43. The van der Waals surface area contributed by atoms with Crippen LogP contribution in [0.3, 0.4) is 0 Å². The molecule has 0 saturated heterocycles. The third-order valence-corrected chi connectivity index (χ3v) is 2.78. The van der Waals surface area contributed by atoms with Crippen molar-refractivity contribution in [3.05, 3.63) is 40.5 Å². The Kier molecular flexibility index (Phi) is 3.26. The van der Waals surface area contributed by atoms with E-state index in [1.54, 1.807) is 6.07 Å². The maximum Gasteiger partial charge on any atom is 0.216 e. The van der Waals surface area contributed by atoms with E-state index >= 15 is 0 Å². The Morgan fingerprint density at radius 3 is 3.06 bits per heavy atom. The fourth-order valence-electron chi connectivity index (χ4n) is 1.27. The number of ether oxygens (including phenoxy) is 1. The minimum absolute atomic E-state index is 0.0574. The number of ketones is 1. The van der Waals surface area contributed by atoms with Gasteiger partial charge in [-0.1, -0.05) is 0 Å². The summed E-state index contributed by atoms with van der Waals surface area (Å²) in [6.07, 6.45) is 1.67. The van der Waals surface area contributed by atoms with Gasteiger partial charge in [-0.2, -0.15) is 11.3 Å². The largest absolute Gasteiger partial charge is 0.481 e. The molecule has 0 aromatic carbocycles. The highest BCUT2D eigenvalue weighted by Crippen LogP contribution is 2.11.